The number of carbonyl (C=O) groups is 8. The van der Waals surface area contributed by atoms with E-state index in [4.69, 9.17) is 63.7 Å². The molecule has 25 nitrogen and oxygen atoms in total. The second-order valence-electron chi connectivity index (χ2n) is 33.8. The molecule has 8 aromatic rings. The van der Waals surface area contributed by atoms with Crippen molar-refractivity contribution in [2.45, 2.75) is 284 Å². The van der Waals surface area contributed by atoms with Crippen molar-refractivity contribution in [3.05, 3.63) is 287 Å². The predicted molar refractivity (Wildman–Crippen MR) is 508 cm³/mol. The molecule has 716 valence electrons. The Morgan fingerprint density at radius 2 is 0.644 bits per heavy atom. The van der Waals surface area contributed by atoms with Crippen molar-refractivity contribution < 1.29 is 95.6 Å². The number of amides is 4. The number of aliphatic hydroxyl groups excluding tert-OH is 1. The molecular weight excluding hydrogens is 1700 g/mol. The van der Waals surface area contributed by atoms with Crippen LogP contribution in [0.3, 0.4) is 0 Å². The molecule has 0 bridgehead atoms. The van der Waals surface area contributed by atoms with Gasteiger partial charge in [0.15, 0.2) is 17.9 Å². The summed E-state index contributed by atoms with van der Waals surface area (Å²) in [6.45, 7) is 17.3. The second kappa shape index (κ2) is 61.3. The number of hydrogen-bond acceptors (Lipinski definition) is 21. The van der Waals surface area contributed by atoms with Gasteiger partial charge in [0.05, 0.1) is 87.0 Å². The summed E-state index contributed by atoms with van der Waals surface area (Å²) in [5, 5.41) is 20.9. The molecule has 0 saturated carbocycles. The average Bonchev–Trinajstić information content (AvgIpc) is 0.802. The maximum Gasteiger partial charge on any atom is 0.408 e. The highest BCUT2D eigenvalue weighted by atomic mass is 35.5. The van der Waals surface area contributed by atoms with Gasteiger partial charge in [0.2, 0.25) is 11.8 Å². The number of carbonyl (C=O) groups excluding carboxylic acids is 8. The van der Waals surface area contributed by atoms with Crippen molar-refractivity contribution in [1.82, 2.24) is 27.4 Å². The first-order valence-electron chi connectivity index (χ1n) is 46.2. The van der Waals surface area contributed by atoms with Gasteiger partial charge in [-0.3, -0.25) is 28.8 Å². The standard InChI is InChI=1S/C53H68N2O9.C28H35ClN2O6.C25H34O5.H3N/c1-5-47-39(3)49(60-34-41-23-13-9-14-24-41)50(61-35-42-25-15-10-16-26-42)48(64-47)32-22-8-6-7-21-31-45(55-53(59)63-37-44-29-19-12-20-30-44)51(57)54-40(4)46(56)33-38(2)52(58)62-36-43-27-17-11-18-28-43;1-20(27(34)36-18-22-11-5-3-6-12-22)17-25(32)21(2)30-26(33)24(15-9-10-16-29)31-28(35)37-19-23-13-7-4-8-14-23;1-4-21-18(2)24(28-16-19-11-7-5-8-12-19)25(22(30-21)15-23(26)27-3)29-17-20-13-9-6-10-14-20;/h9-20,23-30,38-40,45,47-50H,5-8,21-22,31-37H2,1-4H3,(H,54,57)(H,55,59);3-8,11-14,20-21,24H,9-10,15-19H2,1-2H3,(H,30,33)(H,31,35);5-14,18,21-26H,4,15-17H2,1-3H3;1H3/t38-,39+,40+,45+,47-,48+,49+,50+;20-,21+,24+;18-,21+,22-,23?,24-,25-;/m110./s1. The fraction of sp³-hybridized carbons (Fsp3) is 0.472. The molecule has 1 unspecified atom stereocenters. The van der Waals surface area contributed by atoms with Crippen molar-refractivity contribution in [2.75, 3.05) is 13.0 Å². The van der Waals surface area contributed by atoms with Crippen LogP contribution in [-0.4, -0.2) is 145 Å². The normalized spacial score (nSPS) is 19.5. The van der Waals surface area contributed by atoms with Gasteiger partial charge in [-0.1, -0.05) is 316 Å². The van der Waals surface area contributed by atoms with E-state index in [1.807, 2.05) is 206 Å². The van der Waals surface area contributed by atoms with Gasteiger partial charge >= 0.3 is 24.1 Å². The number of ketones is 2. The molecule has 8 N–H and O–H groups in total. The van der Waals surface area contributed by atoms with Crippen LogP contribution in [0.15, 0.2) is 243 Å². The van der Waals surface area contributed by atoms with E-state index in [0.29, 0.717) is 70.8 Å². The number of hydrogen-bond donors (Lipinski definition) is 6. The highest BCUT2D eigenvalue weighted by molar-refractivity contribution is 6.17. The molecule has 2 saturated heterocycles. The summed E-state index contributed by atoms with van der Waals surface area (Å²) in [7, 11) is 1.50. The summed E-state index contributed by atoms with van der Waals surface area (Å²) >= 11 is 5.75. The van der Waals surface area contributed by atoms with Crippen LogP contribution in [-0.2, 0) is 134 Å². The van der Waals surface area contributed by atoms with Gasteiger partial charge in [-0.15, -0.1) is 11.6 Å². The van der Waals surface area contributed by atoms with Gasteiger partial charge in [-0.2, -0.15) is 0 Å². The Kier molecular flexibility index (Phi) is 50.4. The van der Waals surface area contributed by atoms with E-state index >= 15 is 0 Å². The second-order valence-corrected chi connectivity index (χ2v) is 34.1. The lowest BCUT2D eigenvalue weighted by Gasteiger charge is -2.46. The van der Waals surface area contributed by atoms with Crippen molar-refractivity contribution in [1.29, 1.82) is 0 Å². The van der Waals surface area contributed by atoms with Gasteiger partial charge in [-0.05, 0) is 103 Å². The summed E-state index contributed by atoms with van der Waals surface area (Å²) in [6.07, 6.45) is 5.45. The minimum atomic E-state index is -0.925. The van der Waals surface area contributed by atoms with Crippen LogP contribution < -0.4 is 27.4 Å². The Labute approximate surface area is 785 Å². The number of alkyl carbamates (subject to hydrolysis) is 2. The first kappa shape index (κ1) is 108. The third-order valence-corrected chi connectivity index (χ3v) is 23.7. The van der Waals surface area contributed by atoms with Crippen LogP contribution in [0.25, 0.3) is 0 Å². The number of Topliss-reactive ketones (excluding diaryl/α,β-unsaturated/α-hetero) is 2. The molecule has 26 heteroatoms. The first-order chi connectivity index (χ1) is 63.5. The van der Waals surface area contributed by atoms with Crippen LogP contribution in [0.4, 0.5) is 9.59 Å². The Morgan fingerprint density at radius 1 is 0.364 bits per heavy atom. The van der Waals surface area contributed by atoms with E-state index in [1.54, 1.807) is 27.7 Å². The molecule has 2 aliphatic heterocycles. The van der Waals surface area contributed by atoms with Crippen molar-refractivity contribution in [2.24, 2.45) is 23.7 Å². The van der Waals surface area contributed by atoms with Crippen LogP contribution in [0, 0.1) is 23.7 Å². The molecule has 132 heavy (non-hydrogen) atoms. The van der Waals surface area contributed by atoms with Crippen molar-refractivity contribution in [3.8, 4) is 0 Å². The number of methoxy groups -OCH3 is 1. The predicted octanol–water partition coefficient (Wildman–Crippen LogP) is 18.9. The lowest BCUT2D eigenvalue weighted by Crippen LogP contribution is -2.56. The van der Waals surface area contributed by atoms with Gasteiger partial charge < -0.3 is 84.6 Å². The fourth-order valence-corrected chi connectivity index (χ4v) is 15.8. The molecular formula is C106H140ClN5O20. The Hall–Kier alpha value is -10.6. The molecule has 2 aliphatic rings. The minimum absolute atomic E-state index is 0. The third kappa shape index (κ3) is 39.3. The number of halogens is 1. The maximum atomic E-state index is 13.6. The van der Waals surface area contributed by atoms with Crippen LogP contribution in [0.1, 0.15) is 196 Å². The third-order valence-electron chi connectivity index (χ3n) is 23.4. The molecule has 0 radical (unpaired) electrons. The summed E-state index contributed by atoms with van der Waals surface area (Å²) in [4.78, 5) is 103. The molecule has 17 atom stereocenters. The summed E-state index contributed by atoms with van der Waals surface area (Å²) < 4.78 is 65.8. The zero-order valence-electron chi connectivity index (χ0n) is 78.2. The molecule has 0 aliphatic carbocycles. The smallest absolute Gasteiger partial charge is 0.408 e. The van der Waals surface area contributed by atoms with E-state index < -0.39 is 78.2 Å². The number of nitrogens with one attached hydrogen (secondary N) is 4. The number of aliphatic hydroxyl groups is 1. The van der Waals surface area contributed by atoms with E-state index in [1.165, 1.54) is 7.11 Å². The summed E-state index contributed by atoms with van der Waals surface area (Å²) in [5.41, 5.74) is 7.78. The number of benzene rings is 8. The van der Waals surface area contributed by atoms with Gasteiger partial charge in [0, 0.05) is 44.1 Å². The topological polar surface area (TPSA) is 341 Å². The van der Waals surface area contributed by atoms with Crippen LogP contribution in [0.2, 0.25) is 0 Å². The molecule has 2 fully saturated rings. The Morgan fingerprint density at radius 3 is 0.962 bits per heavy atom. The number of rotatable bonds is 51. The number of unbranched alkanes of at least 4 members (excludes halogenated alkanes) is 5. The zero-order valence-corrected chi connectivity index (χ0v) is 78.9. The van der Waals surface area contributed by atoms with E-state index in [-0.39, 0.29) is 118 Å². The number of esters is 2. The quantitative estimate of drug-likeness (QED) is 0.00678. The number of alkyl halides is 1. The minimum Gasteiger partial charge on any atom is -0.461 e. The molecule has 8 aromatic carbocycles. The zero-order chi connectivity index (χ0) is 93.9. The first-order valence-corrected chi connectivity index (χ1v) is 46.8. The molecule has 10 rings (SSSR count). The highest BCUT2D eigenvalue weighted by Gasteiger charge is 2.47. The fourth-order valence-electron chi connectivity index (χ4n) is 15.6. The lowest BCUT2D eigenvalue weighted by molar-refractivity contribution is -0.246. The molecule has 0 aromatic heterocycles. The summed E-state index contributed by atoms with van der Waals surface area (Å²) in [5.74, 6) is -3.22. The Bertz CT molecular complexity index is 4560. The lowest BCUT2D eigenvalue weighted by atomic mass is 9.85. The van der Waals surface area contributed by atoms with E-state index in [2.05, 4.69) is 85.4 Å². The van der Waals surface area contributed by atoms with E-state index in [0.717, 1.165) is 89.5 Å². The summed E-state index contributed by atoms with van der Waals surface area (Å²) in [6, 6.07) is 74.1. The highest BCUT2D eigenvalue weighted by Crippen LogP contribution is 2.37. The largest absolute Gasteiger partial charge is 0.461 e. The maximum absolute atomic E-state index is 13.6. The van der Waals surface area contributed by atoms with Crippen LogP contribution in [0.5, 0.6) is 0 Å². The van der Waals surface area contributed by atoms with Crippen molar-refractivity contribution in [3.63, 3.8) is 0 Å². The Balaban J connectivity index is 0.000000296. The van der Waals surface area contributed by atoms with Gasteiger partial charge in [-0.25, -0.2) is 9.59 Å². The molecule has 2 heterocycles. The number of ether oxygens (including phenoxy) is 11. The van der Waals surface area contributed by atoms with Crippen molar-refractivity contribution >= 4 is 59.1 Å². The molecule has 0 spiro atoms. The van der Waals surface area contributed by atoms with Gasteiger partial charge in [0.1, 0.15) is 50.7 Å². The van der Waals surface area contributed by atoms with Crippen LogP contribution >= 0.6 is 11.6 Å². The SMILES string of the molecule is CC[C@H]1O[C@@H](CC(O)OC)[C@H](OCc2ccccc2)[C@@H](OCc2ccccc2)[C@H]1C.CC[C@H]1O[C@@H](CCCCCCC[C@H](NC(=O)OCc2ccccc2)C(=O)N[C@@H](C)C(=O)C[C@@H](C)C(=O)OCc2ccccc2)[C@H](OCc2ccccc2)[C@@H](OCc2ccccc2)[C@H]1C.C[C@H](CC(=O)[C@H](C)NC(=O)[C@H](CCCCCl)NC(=O)OCc1ccccc1)C(=O)OCc1ccccc1.N. The average molecular weight is 1840 g/mol. The van der Waals surface area contributed by atoms with Gasteiger partial charge in [0.25, 0.3) is 0 Å². The molecule has 4 amide bonds. The monoisotopic (exact) mass is 1840 g/mol. The van der Waals surface area contributed by atoms with E-state index in [9.17, 15) is 43.5 Å².